The van der Waals surface area contributed by atoms with Crippen LogP contribution in [0.2, 0.25) is 0 Å². The van der Waals surface area contributed by atoms with Gasteiger partial charge in [0, 0.05) is 5.56 Å². The molecule has 0 saturated carbocycles. The van der Waals surface area contributed by atoms with Crippen LogP contribution in [0.15, 0.2) is 48.5 Å². The topological polar surface area (TPSA) is 97.4 Å². The lowest BCUT2D eigenvalue weighted by Crippen LogP contribution is -2.21. The number of benzene rings is 2. The fraction of sp³-hybridized carbons (Fsp3) is 0.0667. The molecule has 0 atom stereocenters. The smallest absolute Gasteiger partial charge is 0.417 e. The van der Waals surface area contributed by atoms with Gasteiger partial charge in [-0.15, -0.1) is 0 Å². The van der Waals surface area contributed by atoms with E-state index in [1.165, 1.54) is 7.11 Å². The highest BCUT2D eigenvalue weighted by atomic mass is 16.6. The summed E-state index contributed by atoms with van der Waals surface area (Å²) in [4.78, 5) is 11.9. The van der Waals surface area contributed by atoms with Crippen molar-refractivity contribution < 1.29 is 14.3 Å². The second-order valence-corrected chi connectivity index (χ2v) is 4.12. The number of nitrogens with one attached hydrogen (secondary N) is 2. The summed E-state index contributed by atoms with van der Waals surface area (Å²) < 4.78 is 10.3. The molecular formula is C15H15N3O3. The molecule has 0 aliphatic carbocycles. The summed E-state index contributed by atoms with van der Waals surface area (Å²) in [5.41, 5.74) is 6.16. The molecule has 4 N–H and O–H groups in total. The molecule has 0 heterocycles. The van der Waals surface area contributed by atoms with Gasteiger partial charge in [0.15, 0.2) is 0 Å². The molecule has 2 aromatic carbocycles. The minimum Gasteiger partial charge on any atom is -0.495 e. The van der Waals surface area contributed by atoms with Gasteiger partial charge in [0.05, 0.1) is 12.8 Å². The molecule has 108 valence electrons. The summed E-state index contributed by atoms with van der Waals surface area (Å²) in [5, 5.41) is 10.1. The second kappa shape index (κ2) is 6.42. The van der Waals surface area contributed by atoms with E-state index < -0.39 is 6.09 Å². The van der Waals surface area contributed by atoms with E-state index in [2.05, 4.69) is 5.32 Å². The number of nitrogen functional groups attached to an aromatic ring is 1. The minimum atomic E-state index is -0.687. The van der Waals surface area contributed by atoms with Gasteiger partial charge in [-0.3, -0.25) is 10.7 Å². The van der Waals surface area contributed by atoms with Crippen LogP contribution in [0.1, 0.15) is 5.56 Å². The van der Waals surface area contributed by atoms with Crippen molar-refractivity contribution in [3.8, 4) is 11.5 Å². The molecule has 6 heteroatoms. The van der Waals surface area contributed by atoms with Gasteiger partial charge in [0.2, 0.25) is 0 Å². The molecular weight excluding hydrogens is 270 g/mol. The molecule has 0 aromatic heterocycles. The highest BCUT2D eigenvalue weighted by Gasteiger charge is 2.15. The first-order valence-electron chi connectivity index (χ1n) is 6.17. The standard InChI is InChI=1S/C15H15N3O3/c1-20-12-9-5-8-11(14(16)17)13(12)18-15(19)21-10-6-3-2-4-7-10/h2-9H,1H3,(H3,16,17)(H,18,19). The van der Waals surface area contributed by atoms with Crippen molar-refractivity contribution in [3.05, 3.63) is 54.1 Å². The van der Waals surface area contributed by atoms with Crippen LogP contribution in [0, 0.1) is 5.41 Å². The third-order valence-electron chi connectivity index (χ3n) is 2.72. The van der Waals surface area contributed by atoms with Gasteiger partial charge in [-0.25, -0.2) is 4.79 Å². The van der Waals surface area contributed by atoms with Crippen LogP contribution in [0.5, 0.6) is 11.5 Å². The van der Waals surface area contributed by atoms with Gasteiger partial charge in [0.25, 0.3) is 0 Å². The molecule has 0 saturated heterocycles. The Balaban J connectivity index is 2.22. The maximum atomic E-state index is 11.9. The number of carbonyl (C=O) groups excluding carboxylic acids is 1. The minimum absolute atomic E-state index is 0.177. The lowest BCUT2D eigenvalue weighted by Gasteiger charge is -2.14. The molecule has 0 aliphatic rings. The van der Waals surface area contributed by atoms with Crippen LogP contribution in [-0.4, -0.2) is 19.0 Å². The molecule has 0 radical (unpaired) electrons. The van der Waals surface area contributed by atoms with E-state index >= 15 is 0 Å². The number of ether oxygens (including phenoxy) is 2. The van der Waals surface area contributed by atoms with Crippen molar-refractivity contribution in [2.45, 2.75) is 0 Å². The highest BCUT2D eigenvalue weighted by Crippen LogP contribution is 2.28. The number of hydrogen-bond acceptors (Lipinski definition) is 4. The zero-order chi connectivity index (χ0) is 15.2. The SMILES string of the molecule is COc1cccc(C(=N)N)c1NC(=O)Oc1ccccc1. The number of para-hydroxylation sites is 2. The van der Waals surface area contributed by atoms with E-state index in [9.17, 15) is 4.79 Å². The van der Waals surface area contributed by atoms with Crippen LogP contribution in [0.25, 0.3) is 0 Å². The third kappa shape index (κ3) is 3.50. The Labute approximate surface area is 122 Å². The molecule has 0 bridgehead atoms. The summed E-state index contributed by atoms with van der Waals surface area (Å²) in [7, 11) is 1.47. The van der Waals surface area contributed by atoms with Crippen LogP contribution in [0.3, 0.4) is 0 Å². The molecule has 0 spiro atoms. The van der Waals surface area contributed by atoms with Crippen molar-refractivity contribution in [1.82, 2.24) is 0 Å². The molecule has 0 aliphatic heterocycles. The maximum absolute atomic E-state index is 11.9. The summed E-state index contributed by atoms with van der Waals surface area (Å²) >= 11 is 0. The van der Waals surface area contributed by atoms with Crippen molar-refractivity contribution in [2.75, 3.05) is 12.4 Å². The molecule has 0 unspecified atom stereocenters. The van der Waals surface area contributed by atoms with Gasteiger partial charge in [-0.2, -0.15) is 0 Å². The quantitative estimate of drug-likeness (QED) is 0.594. The van der Waals surface area contributed by atoms with Crippen molar-refractivity contribution in [2.24, 2.45) is 5.73 Å². The van der Waals surface area contributed by atoms with Crippen molar-refractivity contribution >= 4 is 17.6 Å². The van der Waals surface area contributed by atoms with Crippen molar-refractivity contribution in [1.29, 1.82) is 5.41 Å². The lowest BCUT2D eigenvalue weighted by atomic mass is 10.1. The van der Waals surface area contributed by atoms with Crippen molar-refractivity contribution in [3.63, 3.8) is 0 Å². The number of anilines is 1. The Morgan fingerprint density at radius 2 is 1.86 bits per heavy atom. The Hall–Kier alpha value is -3.02. The molecule has 2 rings (SSSR count). The fourth-order valence-electron chi connectivity index (χ4n) is 1.78. The number of hydrogen-bond donors (Lipinski definition) is 3. The maximum Gasteiger partial charge on any atom is 0.417 e. The van der Waals surface area contributed by atoms with Crippen LogP contribution >= 0.6 is 0 Å². The van der Waals surface area contributed by atoms with E-state index in [1.54, 1.807) is 42.5 Å². The van der Waals surface area contributed by atoms with E-state index in [0.29, 0.717) is 22.7 Å². The van der Waals surface area contributed by atoms with Gasteiger partial charge in [0.1, 0.15) is 17.3 Å². The first-order chi connectivity index (χ1) is 10.1. The second-order valence-electron chi connectivity index (χ2n) is 4.12. The molecule has 0 fully saturated rings. The fourth-order valence-corrected chi connectivity index (χ4v) is 1.78. The summed E-state index contributed by atoms with van der Waals surface area (Å²) in [6, 6.07) is 13.6. The van der Waals surface area contributed by atoms with Gasteiger partial charge in [-0.1, -0.05) is 24.3 Å². The van der Waals surface area contributed by atoms with E-state index in [4.69, 9.17) is 20.6 Å². The number of rotatable bonds is 4. The monoisotopic (exact) mass is 285 g/mol. The predicted octanol–water partition coefficient (Wildman–Crippen LogP) is 2.59. The third-order valence-corrected chi connectivity index (χ3v) is 2.72. The molecule has 6 nitrogen and oxygen atoms in total. The Morgan fingerprint density at radius 1 is 1.14 bits per heavy atom. The van der Waals surface area contributed by atoms with Crippen LogP contribution in [-0.2, 0) is 0 Å². The van der Waals surface area contributed by atoms with Gasteiger partial charge in [-0.05, 0) is 24.3 Å². The Bertz CT molecular complexity index is 656. The highest BCUT2D eigenvalue weighted by molar-refractivity contribution is 6.05. The zero-order valence-electron chi connectivity index (χ0n) is 11.4. The van der Waals surface area contributed by atoms with Gasteiger partial charge >= 0.3 is 6.09 Å². The zero-order valence-corrected chi connectivity index (χ0v) is 11.4. The van der Waals surface area contributed by atoms with E-state index in [0.717, 1.165) is 0 Å². The summed E-state index contributed by atoms with van der Waals surface area (Å²) in [6.07, 6.45) is -0.687. The summed E-state index contributed by atoms with van der Waals surface area (Å²) in [5.74, 6) is 0.630. The molecule has 1 amide bonds. The van der Waals surface area contributed by atoms with Crippen LogP contribution < -0.4 is 20.5 Å². The number of amidine groups is 1. The Morgan fingerprint density at radius 3 is 2.48 bits per heavy atom. The summed E-state index contributed by atoms with van der Waals surface area (Å²) in [6.45, 7) is 0. The number of nitrogens with two attached hydrogens (primary N) is 1. The number of carbonyl (C=O) groups is 1. The predicted molar refractivity (Wildman–Crippen MR) is 80.1 cm³/mol. The normalized spacial score (nSPS) is 9.76. The average molecular weight is 285 g/mol. The number of amides is 1. The lowest BCUT2D eigenvalue weighted by molar-refractivity contribution is 0.215. The van der Waals surface area contributed by atoms with E-state index in [1.807, 2.05) is 6.07 Å². The van der Waals surface area contributed by atoms with E-state index in [-0.39, 0.29) is 5.84 Å². The van der Waals surface area contributed by atoms with Crippen LogP contribution in [0.4, 0.5) is 10.5 Å². The first kappa shape index (κ1) is 14.4. The largest absolute Gasteiger partial charge is 0.495 e. The number of methoxy groups -OCH3 is 1. The molecule has 21 heavy (non-hydrogen) atoms. The first-order valence-corrected chi connectivity index (χ1v) is 6.17. The van der Waals surface area contributed by atoms with Gasteiger partial charge < -0.3 is 15.2 Å². The molecule has 2 aromatic rings. The average Bonchev–Trinajstić information content (AvgIpc) is 2.48. The Kier molecular flexibility index (Phi) is 4.40.